The van der Waals surface area contributed by atoms with Gasteiger partial charge in [-0.25, -0.2) is 9.78 Å². The van der Waals surface area contributed by atoms with Crippen molar-refractivity contribution in [2.24, 2.45) is 5.92 Å². The summed E-state index contributed by atoms with van der Waals surface area (Å²) < 4.78 is 0. The third kappa shape index (κ3) is 4.53. The maximum absolute atomic E-state index is 12.5. The Morgan fingerprint density at radius 2 is 2.13 bits per heavy atom. The van der Waals surface area contributed by atoms with Crippen molar-refractivity contribution in [3.8, 4) is 0 Å². The molecule has 2 aromatic rings. The molecule has 0 radical (unpaired) electrons. The van der Waals surface area contributed by atoms with Crippen molar-refractivity contribution in [2.45, 2.75) is 26.3 Å². The lowest BCUT2D eigenvalue weighted by Crippen LogP contribution is -2.31. The summed E-state index contributed by atoms with van der Waals surface area (Å²) in [4.78, 5) is 27.3. The quantitative estimate of drug-likeness (QED) is 0.833. The third-order valence-corrected chi connectivity index (χ3v) is 4.43. The number of halogens is 1. The zero-order valence-corrected chi connectivity index (χ0v) is 14.3. The highest BCUT2D eigenvalue weighted by Gasteiger charge is 2.24. The molecular weight excluding hydrogens is 336 g/mol. The fraction of sp³-hybridized carbons (Fsp3) is 0.312. The summed E-state index contributed by atoms with van der Waals surface area (Å²) in [5, 5.41) is 14.3. The molecule has 1 unspecified atom stereocenters. The molecule has 0 saturated heterocycles. The molecule has 5 nitrogen and oxygen atoms in total. The van der Waals surface area contributed by atoms with Crippen LogP contribution < -0.4 is 5.32 Å². The molecule has 23 heavy (non-hydrogen) atoms. The molecule has 1 heterocycles. The van der Waals surface area contributed by atoms with E-state index in [0.717, 1.165) is 5.56 Å². The Morgan fingerprint density at radius 1 is 1.39 bits per heavy atom. The summed E-state index contributed by atoms with van der Waals surface area (Å²) in [5.74, 6) is -1.43. The lowest BCUT2D eigenvalue weighted by Gasteiger charge is -2.20. The highest BCUT2D eigenvalue weighted by atomic mass is 35.5. The van der Waals surface area contributed by atoms with E-state index >= 15 is 0 Å². The van der Waals surface area contributed by atoms with Gasteiger partial charge in [0.05, 0.1) is 12.5 Å². The minimum atomic E-state index is -1.07. The second-order valence-electron chi connectivity index (χ2n) is 5.43. The molecule has 0 spiro atoms. The fourth-order valence-electron chi connectivity index (χ4n) is 2.30. The Labute approximate surface area is 143 Å². The number of rotatable bonds is 6. The van der Waals surface area contributed by atoms with E-state index in [0.29, 0.717) is 10.0 Å². The van der Waals surface area contributed by atoms with Crippen LogP contribution in [-0.4, -0.2) is 22.0 Å². The molecule has 0 saturated carbocycles. The van der Waals surface area contributed by atoms with Crippen LogP contribution in [0, 0.1) is 5.92 Å². The van der Waals surface area contributed by atoms with Gasteiger partial charge in [0.1, 0.15) is 5.01 Å². The van der Waals surface area contributed by atoms with Gasteiger partial charge in [-0.3, -0.25) is 4.79 Å². The topological polar surface area (TPSA) is 79.3 Å². The van der Waals surface area contributed by atoms with E-state index in [1.54, 1.807) is 12.1 Å². The summed E-state index contributed by atoms with van der Waals surface area (Å²) in [6.07, 6.45) is 0. The Kier molecular flexibility index (Phi) is 5.74. The van der Waals surface area contributed by atoms with Crippen LogP contribution in [-0.2, 0) is 11.3 Å². The van der Waals surface area contributed by atoms with E-state index in [1.165, 1.54) is 16.7 Å². The number of hydrogen-bond donors (Lipinski definition) is 2. The minimum Gasteiger partial charge on any atom is -0.476 e. The van der Waals surface area contributed by atoms with Crippen molar-refractivity contribution in [2.75, 3.05) is 0 Å². The molecule has 1 atom stereocenters. The van der Waals surface area contributed by atoms with Crippen LogP contribution in [0.5, 0.6) is 0 Å². The number of hydrogen-bond acceptors (Lipinski definition) is 4. The molecule has 1 aromatic heterocycles. The van der Waals surface area contributed by atoms with Gasteiger partial charge < -0.3 is 10.4 Å². The zero-order valence-electron chi connectivity index (χ0n) is 12.7. The van der Waals surface area contributed by atoms with E-state index in [4.69, 9.17) is 16.7 Å². The highest BCUT2D eigenvalue weighted by molar-refractivity contribution is 7.09. The van der Waals surface area contributed by atoms with Gasteiger partial charge in [0.2, 0.25) is 5.91 Å². The summed E-state index contributed by atoms with van der Waals surface area (Å²) in [6, 6.07) is 7.25. The van der Waals surface area contributed by atoms with Gasteiger partial charge >= 0.3 is 5.97 Å². The molecule has 1 amide bonds. The van der Waals surface area contributed by atoms with Crippen LogP contribution in [0.2, 0.25) is 5.02 Å². The Morgan fingerprint density at radius 3 is 2.70 bits per heavy atom. The first-order chi connectivity index (χ1) is 10.9. The zero-order chi connectivity index (χ0) is 17.0. The lowest BCUT2D eigenvalue weighted by molar-refractivity contribution is -0.123. The van der Waals surface area contributed by atoms with Crippen molar-refractivity contribution in [1.29, 1.82) is 0 Å². The van der Waals surface area contributed by atoms with E-state index < -0.39 is 5.97 Å². The van der Waals surface area contributed by atoms with E-state index in [9.17, 15) is 9.59 Å². The van der Waals surface area contributed by atoms with Gasteiger partial charge in [-0.1, -0.05) is 37.6 Å². The SMILES string of the molecule is CC(C)C(C(=O)NCc1nc(C(=O)O)cs1)c1cccc(Cl)c1. The van der Waals surface area contributed by atoms with Crippen LogP contribution in [0.1, 0.15) is 40.8 Å². The second-order valence-corrected chi connectivity index (χ2v) is 6.81. The average Bonchev–Trinajstić information content (AvgIpc) is 2.94. The standard InChI is InChI=1S/C16H17ClN2O3S/c1-9(2)14(10-4-3-5-11(17)6-10)15(20)18-7-13-19-12(8-23-13)16(21)22/h3-6,8-9,14H,7H2,1-2H3,(H,18,20)(H,21,22). The third-order valence-electron chi connectivity index (χ3n) is 3.34. The van der Waals surface area contributed by atoms with Gasteiger partial charge in [-0.15, -0.1) is 11.3 Å². The normalized spacial score (nSPS) is 12.2. The number of amides is 1. The number of carbonyl (C=O) groups excluding carboxylic acids is 1. The van der Waals surface area contributed by atoms with Gasteiger partial charge in [0.15, 0.2) is 5.69 Å². The number of carboxylic acids is 1. The van der Waals surface area contributed by atoms with Crippen molar-refractivity contribution in [1.82, 2.24) is 10.3 Å². The highest BCUT2D eigenvalue weighted by Crippen LogP contribution is 2.27. The Balaban J connectivity index is 2.08. The molecule has 0 aliphatic heterocycles. The largest absolute Gasteiger partial charge is 0.476 e. The molecule has 0 aliphatic rings. The molecule has 1 aromatic carbocycles. The molecule has 0 fully saturated rings. The number of nitrogens with one attached hydrogen (secondary N) is 1. The molecule has 2 rings (SSSR count). The lowest BCUT2D eigenvalue weighted by atomic mass is 9.87. The van der Waals surface area contributed by atoms with Gasteiger partial charge in [0.25, 0.3) is 0 Å². The number of carbonyl (C=O) groups is 2. The van der Waals surface area contributed by atoms with Crippen LogP contribution in [0.4, 0.5) is 0 Å². The number of carboxylic acid groups (broad SMARTS) is 1. The number of thiazole rings is 1. The Bertz CT molecular complexity index is 715. The van der Waals surface area contributed by atoms with Gasteiger partial charge in [0, 0.05) is 10.4 Å². The minimum absolute atomic E-state index is 0.00509. The number of aromatic nitrogens is 1. The summed E-state index contributed by atoms with van der Waals surface area (Å²) in [6.45, 7) is 4.15. The van der Waals surface area contributed by atoms with Crippen molar-refractivity contribution >= 4 is 34.8 Å². The monoisotopic (exact) mass is 352 g/mol. The summed E-state index contributed by atoms with van der Waals surface area (Å²) in [7, 11) is 0. The van der Waals surface area contributed by atoms with Crippen LogP contribution in [0.25, 0.3) is 0 Å². The molecule has 0 aliphatic carbocycles. The summed E-state index contributed by atoms with van der Waals surface area (Å²) >= 11 is 7.22. The molecular formula is C16H17ClN2O3S. The van der Waals surface area contributed by atoms with Crippen LogP contribution >= 0.6 is 22.9 Å². The average molecular weight is 353 g/mol. The van der Waals surface area contributed by atoms with Gasteiger partial charge in [-0.2, -0.15) is 0 Å². The first kappa shape index (κ1) is 17.4. The van der Waals surface area contributed by atoms with Gasteiger partial charge in [-0.05, 0) is 23.6 Å². The number of nitrogens with zero attached hydrogens (tertiary/aromatic N) is 1. The van der Waals surface area contributed by atoms with Crippen molar-refractivity contribution in [3.63, 3.8) is 0 Å². The van der Waals surface area contributed by atoms with Crippen LogP contribution in [0.3, 0.4) is 0 Å². The number of benzene rings is 1. The smallest absolute Gasteiger partial charge is 0.355 e. The predicted molar refractivity (Wildman–Crippen MR) is 90.0 cm³/mol. The molecule has 2 N–H and O–H groups in total. The second kappa shape index (κ2) is 7.57. The Hall–Kier alpha value is -1.92. The predicted octanol–water partition coefficient (Wildman–Crippen LogP) is 3.55. The maximum atomic E-state index is 12.5. The van der Waals surface area contributed by atoms with E-state index in [1.807, 2.05) is 26.0 Å². The maximum Gasteiger partial charge on any atom is 0.355 e. The fourth-order valence-corrected chi connectivity index (χ4v) is 3.21. The number of aromatic carboxylic acids is 1. The molecule has 0 bridgehead atoms. The van der Waals surface area contributed by atoms with Crippen LogP contribution in [0.15, 0.2) is 29.6 Å². The first-order valence-corrected chi connectivity index (χ1v) is 8.35. The first-order valence-electron chi connectivity index (χ1n) is 7.09. The van der Waals surface area contributed by atoms with Crippen molar-refractivity contribution < 1.29 is 14.7 Å². The molecule has 122 valence electrons. The molecule has 7 heteroatoms. The van der Waals surface area contributed by atoms with E-state index in [2.05, 4.69) is 10.3 Å². The van der Waals surface area contributed by atoms with E-state index in [-0.39, 0.29) is 30.0 Å². The van der Waals surface area contributed by atoms with Crippen molar-refractivity contribution in [3.05, 3.63) is 50.9 Å². The summed E-state index contributed by atoms with van der Waals surface area (Å²) in [5.41, 5.74) is 0.852.